The molecule has 1 saturated heterocycles. The number of amides is 1. The van der Waals surface area contributed by atoms with Gasteiger partial charge in [0.15, 0.2) is 0 Å². The van der Waals surface area contributed by atoms with E-state index >= 15 is 0 Å². The number of rotatable bonds is 5. The Morgan fingerprint density at radius 2 is 1.79 bits per heavy atom. The van der Waals surface area contributed by atoms with Crippen LogP contribution in [0.15, 0.2) is 24.7 Å². The number of hydrogen-bond acceptors (Lipinski definition) is 8. The second-order valence-electron chi connectivity index (χ2n) is 9.69. The summed E-state index contributed by atoms with van der Waals surface area (Å²) in [6.07, 6.45) is 10.3. The van der Waals surface area contributed by atoms with Gasteiger partial charge in [0.25, 0.3) is 5.91 Å². The number of fused-ring (bicyclic) bond motifs is 1. The van der Waals surface area contributed by atoms with Crippen LogP contribution in [-0.2, 0) is 0 Å². The number of piperazine rings is 1. The Bertz CT molecular complexity index is 1150. The van der Waals surface area contributed by atoms with Crippen molar-refractivity contribution in [2.75, 3.05) is 50.5 Å². The molecule has 1 saturated carbocycles. The zero-order chi connectivity index (χ0) is 23.7. The number of nitrogens with one attached hydrogen (secondary N) is 2. The lowest BCUT2D eigenvalue weighted by Gasteiger charge is -2.28. The average molecular weight is 480 g/mol. The second-order valence-corrected chi connectivity index (χ2v) is 10.7. The molecule has 3 aromatic rings. The fourth-order valence-corrected chi connectivity index (χ4v) is 6.25. The molecule has 4 heterocycles. The lowest BCUT2D eigenvalue weighted by Crippen LogP contribution is -2.43. The predicted octanol–water partition coefficient (Wildman–Crippen LogP) is 4.24. The number of pyridine rings is 1. The summed E-state index contributed by atoms with van der Waals surface area (Å²) < 4.78 is 1.05. The molecule has 8 nitrogen and oxygen atoms in total. The van der Waals surface area contributed by atoms with Crippen LogP contribution in [0.5, 0.6) is 0 Å². The van der Waals surface area contributed by atoms with E-state index in [0.29, 0.717) is 17.7 Å². The van der Waals surface area contributed by atoms with E-state index < -0.39 is 0 Å². The molecule has 9 heteroatoms. The highest BCUT2D eigenvalue weighted by Gasteiger charge is 2.29. The molecule has 0 spiro atoms. The number of aromatic nitrogens is 3. The minimum atomic E-state index is 0.0798. The molecular weight excluding hydrogens is 446 g/mol. The van der Waals surface area contributed by atoms with E-state index in [9.17, 15) is 4.79 Å². The Morgan fingerprint density at radius 3 is 2.47 bits per heavy atom. The molecule has 1 amide bonds. The van der Waals surface area contributed by atoms with Crippen molar-refractivity contribution in [1.29, 1.82) is 0 Å². The summed E-state index contributed by atoms with van der Waals surface area (Å²) in [5, 5.41) is 7.76. The molecular formula is C25H33N7OS. The standard InChI is InChI=1S/C25H33N7OS/c1-16-4-6-17(7-5-16)22-19-12-21(27-15-20(19)34-23(22)24(33)31(2)3)30-25-28-13-18(14-29-25)32-10-8-26-9-11-32/h12-17,26H,4-11H2,1-3H3,(H,27,28,29,30)/t16-,17-. The van der Waals surface area contributed by atoms with Gasteiger partial charge in [-0.3, -0.25) is 4.79 Å². The van der Waals surface area contributed by atoms with Gasteiger partial charge in [-0.05, 0) is 36.3 Å². The maximum absolute atomic E-state index is 13.1. The van der Waals surface area contributed by atoms with Gasteiger partial charge in [-0.2, -0.15) is 0 Å². The summed E-state index contributed by atoms with van der Waals surface area (Å²) >= 11 is 1.56. The van der Waals surface area contributed by atoms with E-state index in [1.807, 2.05) is 32.7 Å². The van der Waals surface area contributed by atoms with Crippen molar-refractivity contribution in [2.24, 2.45) is 5.92 Å². The van der Waals surface area contributed by atoms with E-state index in [-0.39, 0.29) is 5.91 Å². The van der Waals surface area contributed by atoms with Gasteiger partial charge in [0, 0.05) is 51.9 Å². The van der Waals surface area contributed by atoms with Crippen molar-refractivity contribution in [3.63, 3.8) is 0 Å². The SMILES string of the molecule is CN(C)C(=O)c1sc2cnc(Nc3ncc(N4CCNCC4)cn3)cc2c1[C@H]1CC[C@H](C)CC1. The third kappa shape index (κ3) is 4.72. The van der Waals surface area contributed by atoms with E-state index in [2.05, 4.69) is 43.5 Å². The highest BCUT2D eigenvalue weighted by molar-refractivity contribution is 7.21. The van der Waals surface area contributed by atoms with Crippen LogP contribution < -0.4 is 15.5 Å². The third-order valence-electron chi connectivity index (χ3n) is 7.00. The van der Waals surface area contributed by atoms with Crippen LogP contribution in [0.25, 0.3) is 10.1 Å². The summed E-state index contributed by atoms with van der Waals surface area (Å²) in [4.78, 5) is 31.5. The molecule has 5 rings (SSSR count). The van der Waals surface area contributed by atoms with Gasteiger partial charge >= 0.3 is 0 Å². The topological polar surface area (TPSA) is 86.3 Å². The fourth-order valence-electron chi connectivity index (χ4n) is 4.99. The number of hydrogen-bond donors (Lipinski definition) is 2. The smallest absolute Gasteiger partial charge is 0.263 e. The zero-order valence-electron chi connectivity index (χ0n) is 20.2. The Morgan fingerprint density at radius 1 is 1.09 bits per heavy atom. The molecule has 3 aromatic heterocycles. The highest BCUT2D eigenvalue weighted by Crippen LogP contribution is 2.44. The quantitative estimate of drug-likeness (QED) is 0.566. The van der Waals surface area contributed by atoms with Gasteiger partial charge in [-0.25, -0.2) is 15.0 Å². The van der Waals surface area contributed by atoms with Gasteiger partial charge in [-0.1, -0.05) is 19.8 Å². The highest BCUT2D eigenvalue weighted by atomic mass is 32.1. The van der Waals surface area contributed by atoms with Crippen molar-refractivity contribution in [3.8, 4) is 0 Å². The molecule has 0 atom stereocenters. The van der Waals surface area contributed by atoms with Gasteiger partial charge in [-0.15, -0.1) is 11.3 Å². The number of carbonyl (C=O) groups is 1. The summed E-state index contributed by atoms with van der Waals surface area (Å²) in [6, 6.07) is 2.07. The van der Waals surface area contributed by atoms with E-state index in [1.165, 1.54) is 18.4 Å². The number of anilines is 3. The average Bonchev–Trinajstić information content (AvgIpc) is 3.23. The monoisotopic (exact) mass is 479 g/mol. The first kappa shape index (κ1) is 23.0. The fraction of sp³-hybridized carbons (Fsp3) is 0.520. The van der Waals surface area contributed by atoms with Crippen LogP contribution >= 0.6 is 11.3 Å². The predicted molar refractivity (Wildman–Crippen MR) is 138 cm³/mol. The molecule has 0 bridgehead atoms. The van der Waals surface area contributed by atoms with E-state index in [0.717, 1.165) is 65.6 Å². The van der Waals surface area contributed by atoms with Gasteiger partial charge in [0.05, 0.1) is 27.7 Å². The minimum absolute atomic E-state index is 0.0798. The molecule has 2 fully saturated rings. The first-order chi connectivity index (χ1) is 16.5. The van der Waals surface area contributed by atoms with Crippen molar-refractivity contribution in [1.82, 2.24) is 25.2 Å². The second kappa shape index (κ2) is 9.84. The maximum Gasteiger partial charge on any atom is 0.263 e. The molecule has 34 heavy (non-hydrogen) atoms. The Hall–Kier alpha value is -2.78. The summed E-state index contributed by atoms with van der Waals surface area (Å²) in [6.45, 7) is 6.20. The van der Waals surface area contributed by atoms with Crippen LogP contribution in [0.4, 0.5) is 17.5 Å². The largest absolute Gasteiger partial charge is 0.366 e. The van der Waals surface area contributed by atoms with Gasteiger partial charge < -0.3 is 20.4 Å². The summed E-state index contributed by atoms with van der Waals surface area (Å²) in [5.41, 5.74) is 2.24. The third-order valence-corrected chi connectivity index (χ3v) is 8.14. The van der Waals surface area contributed by atoms with Crippen molar-refractivity contribution < 1.29 is 4.79 Å². The van der Waals surface area contributed by atoms with Crippen LogP contribution in [0.1, 0.15) is 53.8 Å². The molecule has 2 N–H and O–H groups in total. The number of thiophene rings is 1. The van der Waals surface area contributed by atoms with E-state index in [4.69, 9.17) is 0 Å². The molecule has 180 valence electrons. The first-order valence-corrected chi connectivity index (χ1v) is 13.0. The van der Waals surface area contributed by atoms with Gasteiger partial charge in [0.2, 0.25) is 5.95 Å². The lowest BCUT2D eigenvalue weighted by molar-refractivity contribution is 0.0830. The van der Waals surface area contributed by atoms with Crippen LogP contribution in [0.2, 0.25) is 0 Å². The molecule has 0 unspecified atom stereocenters. The van der Waals surface area contributed by atoms with E-state index in [1.54, 1.807) is 16.2 Å². The Balaban J connectivity index is 1.43. The van der Waals surface area contributed by atoms with Crippen LogP contribution in [0.3, 0.4) is 0 Å². The zero-order valence-corrected chi connectivity index (χ0v) is 21.0. The number of carbonyl (C=O) groups excluding carboxylic acids is 1. The minimum Gasteiger partial charge on any atom is -0.366 e. The van der Waals surface area contributed by atoms with Crippen molar-refractivity contribution >= 4 is 44.8 Å². The van der Waals surface area contributed by atoms with Crippen molar-refractivity contribution in [2.45, 2.75) is 38.5 Å². The summed E-state index contributed by atoms with van der Waals surface area (Å²) in [5.74, 6) is 2.48. The number of nitrogens with zero attached hydrogens (tertiary/aromatic N) is 5. The summed E-state index contributed by atoms with van der Waals surface area (Å²) in [7, 11) is 3.65. The normalized spacial score (nSPS) is 21.0. The molecule has 1 aliphatic heterocycles. The van der Waals surface area contributed by atoms with Crippen molar-refractivity contribution in [3.05, 3.63) is 35.1 Å². The molecule has 1 aliphatic carbocycles. The maximum atomic E-state index is 13.1. The molecule has 0 radical (unpaired) electrons. The Kier molecular flexibility index (Phi) is 6.65. The Labute approximate surface area is 204 Å². The van der Waals surface area contributed by atoms with Gasteiger partial charge in [0.1, 0.15) is 5.82 Å². The van der Waals surface area contributed by atoms with Crippen LogP contribution in [-0.4, -0.2) is 66.0 Å². The lowest BCUT2D eigenvalue weighted by atomic mass is 9.78. The first-order valence-electron chi connectivity index (χ1n) is 12.2. The molecule has 2 aliphatic rings. The van der Waals surface area contributed by atoms with Crippen LogP contribution in [0, 0.1) is 5.92 Å². The molecule has 0 aromatic carbocycles.